The van der Waals surface area contributed by atoms with Gasteiger partial charge in [0.05, 0.1) is 12.7 Å². The van der Waals surface area contributed by atoms with Crippen molar-refractivity contribution in [3.05, 3.63) is 41.1 Å². The molecule has 0 aliphatic carbocycles. The van der Waals surface area contributed by atoms with Crippen LogP contribution in [0.15, 0.2) is 28.0 Å². The van der Waals surface area contributed by atoms with E-state index in [0.717, 1.165) is 35.6 Å². The number of amides is 1. The van der Waals surface area contributed by atoms with Gasteiger partial charge in [-0.2, -0.15) is 4.98 Å². The minimum atomic E-state index is -0.0190. The standard InChI is InChI=1S/C18H23N5O2S/c1-11(7-8-14-6-5-9-25-14)19-16(24)10-15-12(2)20-17-21-18(26-4)22-23(17)13(15)3/h5-6,9,11H,7-8,10H2,1-4H3,(H,19,24). The van der Waals surface area contributed by atoms with Gasteiger partial charge in [-0.05, 0) is 45.6 Å². The largest absolute Gasteiger partial charge is 0.469 e. The van der Waals surface area contributed by atoms with Crippen molar-refractivity contribution in [3.63, 3.8) is 0 Å². The number of hydrogen-bond donors (Lipinski definition) is 1. The van der Waals surface area contributed by atoms with Gasteiger partial charge < -0.3 is 9.73 Å². The van der Waals surface area contributed by atoms with E-state index in [4.69, 9.17) is 4.42 Å². The minimum Gasteiger partial charge on any atom is -0.469 e. The summed E-state index contributed by atoms with van der Waals surface area (Å²) in [6.45, 7) is 5.86. The van der Waals surface area contributed by atoms with Crippen LogP contribution in [0.1, 0.15) is 36.1 Å². The van der Waals surface area contributed by atoms with E-state index in [9.17, 15) is 4.79 Å². The number of fused-ring (bicyclic) bond motifs is 1. The molecule has 3 aromatic rings. The van der Waals surface area contributed by atoms with Gasteiger partial charge in [-0.3, -0.25) is 4.79 Å². The van der Waals surface area contributed by atoms with E-state index >= 15 is 0 Å². The van der Waals surface area contributed by atoms with Crippen LogP contribution < -0.4 is 5.32 Å². The van der Waals surface area contributed by atoms with Gasteiger partial charge in [-0.25, -0.2) is 9.50 Å². The smallest absolute Gasteiger partial charge is 0.253 e. The van der Waals surface area contributed by atoms with Gasteiger partial charge in [0.15, 0.2) is 0 Å². The molecule has 8 heteroatoms. The van der Waals surface area contributed by atoms with E-state index < -0.39 is 0 Å². The average Bonchev–Trinajstić information content (AvgIpc) is 3.26. The van der Waals surface area contributed by atoms with Crippen molar-refractivity contribution in [2.75, 3.05) is 6.26 Å². The lowest BCUT2D eigenvalue weighted by Crippen LogP contribution is -2.34. The number of aryl methyl sites for hydroxylation is 3. The second-order valence-electron chi connectivity index (χ2n) is 6.33. The molecular weight excluding hydrogens is 350 g/mol. The van der Waals surface area contributed by atoms with Crippen LogP contribution in [0.2, 0.25) is 0 Å². The Bertz CT molecular complexity index is 904. The highest BCUT2D eigenvalue weighted by atomic mass is 32.2. The number of rotatable bonds is 7. The minimum absolute atomic E-state index is 0.0190. The zero-order valence-corrected chi connectivity index (χ0v) is 16.3. The normalized spacial score (nSPS) is 12.5. The predicted octanol–water partition coefficient (Wildman–Crippen LogP) is 2.74. The van der Waals surface area contributed by atoms with Crippen molar-refractivity contribution in [2.45, 2.75) is 51.2 Å². The second kappa shape index (κ2) is 7.90. The molecule has 1 amide bonds. The van der Waals surface area contributed by atoms with Gasteiger partial charge >= 0.3 is 0 Å². The van der Waals surface area contributed by atoms with Crippen molar-refractivity contribution in [1.82, 2.24) is 24.9 Å². The zero-order valence-electron chi connectivity index (χ0n) is 15.4. The van der Waals surface area contributed by atoms with Crippen LogP contribution in [-0.2, 0) is 17.6 Å². The molecule has 3 aromatic heterocycles. The molecule has 138 valence electrons. The van der Waals surface area contributed by atoms with E-state index in [1.165, 1.54) is 11.8 Å². The quantitative estimate of drug-likeness (QED) is 0.641. The number of carbonyl (C=O) groups is 1. The fraction of sp³-hybridized carbons (Fsp3) is 0.444. The van der Waals surface area contributed by atoms with Crippen LogP contribution in [0.3, 0.4) is 0 Å². The van der Waals surface area contributed by atoms with Crippen molar-refractivity contribution in [2.24, 2.45) is 0 Å². The Labute approximate surface area is 156 Å². The van der Waals surface area contributed by atoms with E-state index in [1.807, 2.05) is 39.2 Å². The molecule has 1 atom stereocenters. The molecule has 26 heavy (non-hydrogen) atoms. The molecule has 0 bridgehead atoms. The summed E-state index contributed by atoms with van der Waals surface area (Å²) < 4.78 is 7.04. The number of carbonyl (C=O) groups excluding carboxylic acids is 1. The highest BCUT2D eigenvalue weighted by Crippen LogP contribution is 2.17. The molecule has 3 heterocycles. The molecule has 0 fully saturated rings. The lowest BCUT2D eigenvalue weighted by atomic mass is 10.1. The van der Waals surface area contributed by atoms with Crippen LogP contribution in [0.5, 0.6) is 0 Å². The molecule has 0 spiro atoms. The summed E-state index contributed by atoms with van der Waals surface area (Å²) in [6.07, 6.45) is 5.50. The topological polar surface area (TPSA) is 85.3 Å². The molecule has 1 N–H and O–H groups in total. The van der Waals surface area contributed by atoms with E-state index in [-0.39, 0.29) is 18.4 Å². The third-order valence-corrected chi connectivity index (χ3v) is 4.90. The molecular formula is C18H23N5O2S. The molecule has 0 aliphatic rings. The first kappa shape index (κ1) is 18.4. The number of thioether (sulfide) groups is 1. The molecule has 0 aliphatic heterocycles. The molecule has 1 unspecified atom stereocenters. The van der Waals surface area contributed by atoms with Crippen LogP contribution >= 0.6 is 11.8 Å². The first-order valence-corrected chi connectivity index (χ1v) is 9.79. The summed E-state index contributed by atoms with van der Waals surface area (Å²) in [5.41, 5.74) is 2.61. The summed E-state index contributed by atoms with van der Waals surface area (Å²) in [7, 11) is 0. The molecule has 0 radical (unpaired) electrons. The van der Waals surface area contributed by atoms with Gasteiger partial charge in [0.25, 0.3) is 5.78 Å². The van der Waals surface area contributed by atoms with Crippen molar-refractivity contribution < 1.29 is 9.21 Å². The van der Waals surface area contributed by atoms with Gasteiger partial charge in [0.1, 0.15) is 5.76 Å². The molecule has 0 aromatic carbocycles. The maximum Gasteiger partial charge on any atom is 0.253 e. The number of nitrogens with zero attached hydrogens (tertiary/aromatic N) is 4. The van der Waals surface area contributed by atoms with Gasteiger partial charge in [-0.1, -0.05) is 11.8 Å². The molecule has 3 rings (SSSR count). The van der Waals surface area contributed by atoms with Gasteiger partial charge in [0, 0.05) is 29.4 Å². The maximum absolute atomic E-state index is 12.5. The van der Waals surface area contributed by atoms with E-state index in [1.54, 1.807) is 10.8 Å². The Hall–Kier alpha value is -2.35. The van der Waals surface area contributed by atoms with Crippen LogP contribution in [0.4, 0.5) is 0 Å². The number of furan rings is 1. The van der Waals surface area contributed by atoms with Gasteiger partial charge in [0.2, 0.25) is 11.1 Å². The maximum atomic E-state index is 12.5. The molecule has 7 nitrogen and oxygen atoms in total. The number of hydrogen-bond acceptors (Lipinski definition) is 6. The monoisotopic (exact) mass is 373 g/mol. The van der Waals surface area contributed by atoms with Crippen LogP contribution in [-0.4, -0.2) is 37.8 Å². The van der Waals surface area contributed by atoms with Crippen molar-refractivity contribution in [1.29, 1.82) is 0 Å². The number of aromatic nitrogens is 4. The molecule has 0 saturated carbocycles. The lowest BCUT2D eigenvalue weighted by molar-refractivity contribution is -0.121. The summed E-state index contributed by atoms with van der Waals surface area (Å²) in [6, 6.07) is 3.89. The predicted molar refractivity (Wildman–Crippen MR) is 100 cm³/mol. The van der Waals surface area contributed by atoms with Gasteiger partial charge in [-0.15, -0.1) is 5.10 Å². The van der Waals surface area contributed by atoms with E-state index in [2.05, 4.69) is 20.4 Å². The zero-order chi connectivity index (χ0) is 18.7. The van der Waals surface area contributed by atoms with Crippen molar-refractivity contribution >= 4 is 23.4 Å². The van der Waals surface area contributed by atoms with Crippen molar-refractivity contribution in [3.8, 4) is 0 Å². The second-order valence-corrected chi connectivity index (χ2v) is 7.11. The fourth-order valence-electron chi connectivity index (χ4n) is 2.90. The first-order chi connectivity index (χ1) is 12.5. The van der Waals surface area contributed by atoms with Crippen LogP contribution in [0.25, 0.3) is 5.78 Å². The Morgan fingerprint density at radius 1 is 1.38 bits per heavy atom. The Morgan fingerprint density at radius 3 is 2.88 bits per heavy atom. The summed E-state index contributed by atoms with van der Waals surface area (Å²) in [4.78, 5) is 21.3. The average molecular weight is 373 g/mol. The number of nitrogens with one attached hydrogen (secondary N) is 1. The van der Waals surface area contributed by atoms with E-state index in [0.29, 0.717) is 10.9 Å². The third-order valence-electron chi connectivity index (χ3n) is 4.36. The molecule has 0 saturated heterocycles. The Kier molecular flexibility index (Phi) is 5.61. The Balaban J connectivity index is 1.66. The highest BCUT2D eigenvalue weighted by Gasteiger charge is 2.17. The third kappa shape index (κ3) is 4.07. The summed E-state index contributed by atoms with van der Waals surface area (Å²) in [5.74, 6) is 1.48. The lowest BCUT2D eigenvalue weighted by Gasteiger charge is -2.15. The fourth-order valence-corrected chi connectivity index (χ4v) is 3.24. The Morgan fingerprint density at radius 2 is 2.19 bits per heavy atom. The summed E-state index contributed by atoms with van der Waals surface area (Å²) >= 11 is 1.47. The summed E-state index contributed by atoms with van der Waals surface area (Å²) in [5, 5.41) is 8.15. The SMILES string of the molecule is CSc1nc2nc(C)c(CC(=O)NC(C)CCc3ccco3)c(C)n2n1. The van der Waals surface area contributed by atoms with Crippen LogP contribution in [0, 0.1) is 13.8 Å². The first-order valence-electron chi connectivity index (χ1n) is 8.56. The highest BCUT2D eigenvalue weighted by molar-refractivity contribution is 7.98.